The standard InChI is InChI=1S/C33H24ClN/c1-33(2)28-18-17-25-24-15-9-10-16-29(24)35(23-13-7-4-8-14-23)32(25)30(28)27-20-22(34)19-26(31(27)33)21-11-5-3-6-12-21/h3-20H,1-2H3. The Morgan fingerprint density at radius 1 is 0.657 bits per heavy atom. The highest BCUT2D eigenvalue weighted by molar-refractivity contribution is 6.31. The van der Waals surface area contributed by atoms with Crippen LogP contribution in [0, 0.1) is 0 Å². The van der Waals surface area contributed by atoms with Gasteiger partial charge in [0.1, 0.15) is 0 Å². The van der Waals surface area contributed by atoms with Crippen LogP contribution >= 0.6 is 11.6 Å². The van der Waals surface area contributed by atoms with E-state index in [9.17, 15) is 0 Å². The third-order valence-corrected chi connectivity index (χ3v) is 7.82. The Balaban J connectivity index is 1.68. The summed E-state index contributed by atoms with van der Waals surface area (Å²) in [5, 5.41) is 3.31. The van der Waals surface area contributed by atoms with Crippen molar-refractivity contribution in [2.75, 3.05) is 0 Å². The Morgan fingerprint density at radius 3 is 2.09 bits per heavy atom. The minimum Gasteiger partial charge on any atom is -0.309 e. The summed E-state index contributed by atoms with van der Waals surface area (Å²) in [6.07, 6.45) is 0. The van der Waals surface area contributed by atoms with Crippen LogP contribution in [0.4, 0.5) is 0 Å². The van der Waals surface area contributed by atoms with E-state index in [0.29, 0.717) is 0 Å². The molecule has 0 bridgehead atoms. The molecule has 0 saturated carbocycles. The number of para-hydroxylation sites is 2. The van der Waals surface area contributed by atoms with Gasteiger partial charge in [0.2, 0.25) is 0 Å². The predicted molar refractivity (Wildman–Crippen MR) is 149 cm³/mol. The first kappa shape index (κ1) is 20.6. The Labute approximate surface area is 210 Å². The van der Waals surface area contributed by atoms with Crippen LogP contribution in [0.15, 0.2) is 109 Å². The van der Waals surface area contributed by atoms with Crippen LogP contribution in [0.5, 0.6) is 0 Å². The second kappa shape index (κ2) is 7.34. The largest absolute Gasteiger partial charge is 0.309 e. The lowest BCUT2D eigenvalue weighted by Gasteiger charge is -2.24. The average Bonchev–Trinajstić information content (AvgIpc) is 3.34. The highest BCUT2D eigenvalue weighted by Gasteiger charge is 2.40. The van der Waals surface area contributed by atoms with Crippen molar-refractivity contribution in [1.29, 1.82) is 0 Å². The van der Waals surface area contributed by atoms with Crippen molar-refractivity contribution in [3.05, 3.63) is 125 Å². The second-order valence-electron chi connectivity index (χ2n) is 9.94. The minimum atomic E-state index is -0.160. The third-order valence-electron chi connectivity index (χ3n) is 7.61. The van der Waals surface area contributed by atoms with Gasteiger partial charge in [-0.25, -0.2) is 0 Å². The van der Waals surface area contributed by atoms with Crippen molar-refractivity contribution in [3.63, 3.8) is 0 Å². The SMILES string of the molecule is CC1(C)c2ccc3c4ccccc4n(-c4ccccc4)c3c2-c2cc(Cl)cc(-c3ccccc3)c21. The average molecular weight is 470 g/mol. The molecule has 0 saturated heterocycles. The van der Waals surface area contributed by atoms with Gasteiger partial charge in [0.05, 0.1) is 11.0 Å². The molecule has 35 heavy (non-hydrogen) atoms. The summed E-state index contributed by atoms with van der Waals surface area (Å²) in [5.41, 5.74) is 11.1. The van der Waals surface area contributed by atoms with E-state index in [-0.39, 0.29) is 5.41 Å². The number of hydrogen-bond donors (Lipinski definition) is 0. The van der Waals surface area contributed by atoms with Crippen LogP contribution in [0.2, 0.25) is 5.02 Å². The van der Waals surface area contributed by atoms with E-state index >= 15 is 0 Å². The summed E-state index contributed by atoms with van der Waals surface area (Å²) in [5.74, 6) is 0. The number of benzene rings is 5. The zero-order chi connectivity index (χ0) is 23.7. The molecule has 0 aliphatic heterocycles. The lowest BCUT2D eigenvalue weighted by molar-refractivity contribution is 0.662. The summed E-state index contributed by atoms with van der Waals surface area (Å²) in [7, 11) is 0. The van der Waals surface area contributed by atoms with Gasteiger partial charge in [0.15, 0.2) is 0 Å². The van der Waals surface area contributed by atoms with E-state index in [2.05, 4.69) is 128 Å². The molecule has 0 N–H and O–H groups in total. The van der Waals surface area contributed by atoms with Crippen LogP contribution in [-0.4, -0.2) is 4.57 Å². The first-order valence-electron chi connectivity index (χ1n) is 12.1. The lowest BCUT2D eigenvalue weighted by atomic mass is 9.79. The first-order valence-corrected chi connectivity index (χ1v) is 12.5. The molecule has 0 fully saturated rings. The van der Waals surface area contributed by atoms with Crippen molar-refractivity contribution in [2.45, 2.75) is 19.3 Å². The summed E-state index contributed by atoms with van der Waals surface area (Å²) in [4.78, 5) is 0. The number of nitrogens with zero attached hydrogens (tertiary/aromatic N) is 1. The van der Waals surface area contributed by atoms with Gasteiger partial charge in [-0.05, 0) is 58.1 Å². The molecular weight excluding hydrogens is 446 g/mol. The van der Waals surface area contributed by atoms with Crippen molar-refractivity contribution in [2.24, 2.45) is 0 Å². The van der Waals surface area contributed by atoms with Gasteiger partial charge in [-0.1, -0.05) is 104 Å². The molecule has 7 rings (SSSR count). The molecule has 5 aromatic carbocycles. The van der Waals surface area contributed by atoms with E-state index in [0.717, 1.165) is 5.02 Å². The van der Waals surface area contributed by atoms with E-state index in [4.69, 9.17) is 11.6 Å². The molecule has 0 atom stereocenters. The van der Waals surface area contributed by atoms with E-state index in [1.54, 1.807) is 0 Å². The Bertz CT molecular complexity index is 1760. The summed E-state index contributed by atoms with van der Waals surface area (Å²) >= 11 is 6.82. The van der Waals surface area contributed by atoms with Crippen LogP contribution in [0.3, 0.4) is 0 Å². The molecule has 0 spiro atoms. The van der Waals surface area contributed by atoms with Gasteiger partial charge in [-0.3, -0.25) is 0 Å². The summed E-state index contributed by atoms with van der Waals surface area (Å²) in [6.45, 7) is 4.69. The molecule has 1 nitrogen and oxygen atoms in total. The molecule has 2 heteroatoms. The molecule has 0 amide bonds. The van der Waals surface area contributed by atoms with Crippen molar-refractivity contribution >= 4 is 33.4 Å². The normalized spacial score (nSPS) is 13.8. The molecule has 1 aliphatic carbocycles. The molecule has 168 valence electrons. The molecular formula is C33H24ClN. The quantitative estimate of drug-likeness (QED) is 0.238. The zero-order valence-corrected chi connectivity index (χ0v) is 20.5. The van der Waals surface area contributed by atoms with Gasteiger partial charge >= 0.3 is 0 Å². The van der Waals surface area contributed by atoms with Gasteiger partial charge in [-0.15, -0.1) is 0 Å². The zero-order valence-electron chi connectivity index (χ0n) is 19.7. The molecule has 6 aromatic rings. The Hall–Kier alpha value is -3.81. The number of aromatic nitrogens is 1. The van der Waals surface area contributed by atoms with Gasteiger partial charge in [0.25, 0.3) is 0 Å². The molecule has 0 radical (unpaired) electrons. The maximum Gasteiger partial charge on any atom is 0.0622 e. The van der Waals surface area contributed by atoms with Gasteiger partial charge in [0, 0.05) is 32.5 Å². The number of halogens is 1. The molecule has 1 heterocycles. The van der Waals surface area contributed by atoms with Gasteiger partial charge < -0.3 is 4.57 Å². The molecule has 1 aliphatic rings. The maximum atomic E-state index is 6.82. The van der Waals surface area contributed by atoms with E-state index in [1.807, 2.05) is 0 Å². The number of fused-ring (bicyclic) bond motifs is 7. The highest BCUT2D eigenvalue weighted by Crippen LogP contribution is 2.56. The van der Waals surface area contributed by atoms with Crippen molar-refractivity contribution in [1.82, 2.24) is 4.57 Å². The van der Waals surface area contributed by atoms with Crippen molar-refractivity contribution in [3.8, 4) is 27.9 Å². The maximum absolute atomic E-state index is 6.82. The molecule has 0 unspecified atom stereocenters. The van der Waals surface area contributed by atoms with Crippen LogP contribution in [-0.2, 0) is 5.41 Å². The molecule has 1 aromatic heterocycles. The summed E-state index contributed by atoms with van der Waals surface area (Å²) in [6, 6.07) is 39.0. The predicted octanol–water partition coefficient (Wildman–Crippen LogP) is 9.41. The van der Waals surface area contributed by atoms with Crippen LogP contribution in [0.1, 0.15) is 25.0 Å². The number of rotatable bonds is 2. The third kappa shape index (κ3) is 2.82. The fourth-order valence-corrected chi connectivity index (χ4v) is 6.37. The number of hydrogen-bond acceptors (Lipinski definition) is 0. The highest BCUT2D eigenvalue weighted by atomic mass is 35.5. The first-order chi connectivity index (χ1) is 17.1. The van der Waals surface area contributed by atoms with Crippen molar-refractivity contribution < 1.29 is 0 Å². The monoisotopic (exact) mass is 469 g/mol. The van der Waals surface area contributed by atoms with Crippen LogP contribution in [0.25, 0.3) is 49.7 Å². The smallest absolute Gasteiger partial charge is 0.0622 e. The lowest BCUT2D eigenvalue weighted by Crippen LogP contribution is -2.16. The van der Waals surface area contributed by atoms with Crippen LogP contribution < -0.4 is 0 Å². The second-order valence-corrected chi connectivity index (χ2v) is 10.4. The van der Waals surface area contributed by atoms with Gasteiger partial charge in [-0.2, -0.15) is 0 Å². The Kier molecular flexibility index (Phi) is 4.31. The fraction of sp³-hybridized carbons (Fsp3) is 0.0909. The van der Waals surface area contributed by atoms with E-state index in [1.165, 1.54) is 60.9 Å². The fourth-order valence-electron chi connectivity index (χ4n) is 6.15. The topological polar surface area (TPSA) is 4.93 Å². The summed E-state index contributed by atoms with van der Waals surface area (Å²) < 4.78 is 2.43. The van der Waals surface area contributed by atoms with E-state index < -0.39 is 0 Å². The Morgan fingerprint density at radius 2 is 1.31 bits per heavy atom. The minimum absolute atomic E-state index is 0.160.